The standard InChI is InChI=1S/C18H18FNO2S.C12H12BrNO.C6H5FS.CH4/c19-14-4-6-15(7-5-14)23-16-3-1-2-13(12-16)18(17(20)21)8-10-22-11-9-18;13-11-3-1-2-10(8-11)12(9-14)4-6-15-7-5-12;7-5-1-3-6(8)4-2-5;/h1-7,12H,8-11H2,(H2,20,21);1-3,8H,4-7H2;1-4,8H;1H4. The van der Waals surface area contributed by atoms with Gasteiger partial charge in [-0.15, -0.1) is 12.6 Å². The monoisotopic (exact) mass is 740 g/mol. The molecule has 2 saturated heterocycles. The van der Waals surface area contributed by atoms with Gasteiger partial charge in [0.15, 0.2) is 0 Å². The van der Waals surface area contributed by atoms with E-state index in [1.807, 2.05) is 48.5 Å². The average Bonchev–Trinajstić information content (AvgIpc) is 3.08. The lowest BCUT2D eigenvalue weighted by Gasteiger charge is -2.34. The fraction of sp³-hybridized carbons (Fsp3) is 0.297. The van der Waals surface area contributed by atoms with Crippen molar-refractivity contribution in [1.29, 1.82) is 5.26 Å². The number of thiol groups is 1. The van der Waals surface area contributed by atoms with E-state index in [4.69, 9.17) is 15.2 Å². The summed E-state index contributed by atoms with van der Waals surface area (Å²) in [4.78, 5) is 14.8. The SMILES string of the molecule is C.Fc1ccc(S)cc1.N#CC1(c2cccc(Br)c2)CCOCC1.NC(=O)C1(c2cccc(Sc3ccc(F)cc3)c2)CCOCC1. The Bertz CT molecular complexity index is 1600. The molecule has 4 aromatic rings. The van der Waals surface area contributed by atoms with Gasteiger partial charge in [0.25, 0.3) is 0 Å². The molecule has 1 amide bonds. The van der Waals surface area contributed by atoms with Crippen molar-refractivity contribution in [1.82, 2.24) is 0 Å². The topological polar surface area (TPSA) is 85.3 Å². The summed E-state index contributed by atoms with van der Waals surface area (Å²) in [5.41, 5.74) is 6.74. The van der Waals surface area contributed by atoms with Crippen LogP contribution in [0.15, 0.2) is 116 Å². The van der Waals surface area contributed by atoms with Gasteiger partial charge in [-0.25, -0.2) is 8.78 Å². The summed E-state index contributed by atoms with van der Waals surface area (Å²) < 4.78 is 36.8. The summed E-state index contributed by atoms with van der Waals surface area (Å²) in [5, 5.41) is 9.36. The quantitative estimate of drug-likeness (QED) is 0.199. The first-order valence-electron chi connectivity index (χ1n) is 14.8. The van der Waals surface area contributed by atoms with Gasteiger partial charge in [0.1, 0.15) is 11.6 Å². The van der Waals surface area contributed by atoms with Gasteiger partial charge in [-0.05, 0) is 110 Å². The van der Waals surface area contributed by atoms with E-state index < -0.39 is 5.41 Å². The van der Waals surface area contributed by atoms with Gasteiger partial charge in [0.2, 0.25) is 5.91 Å². The molecule has 2 aliphatic rings. The van der Waals surface area contributed by atoms with Gasteiger partial charge in [0, 0.05) is 45.6 Å². The second-order valence-corrected chi connectivity index (χ2v) is 13.5. The number of rotatable bonds is 5. The fourth-order valence-electron chi connectivity index (χ4n) is 5.31. The van der Waals surface area contributed by atoms with Crippen LogP contribution in [0.25, 0.3) is 0 Å². The molecule has 6 rings (SSSR count). The summed E-state index contributed by atoms with van der Waals surface area (Å²) in [7, 11) is 0. The van der Waals surface area contributed by atoms with Crippen LogP contribution in [0.4, 0.5) is 8.78 Å². The van der Waals surface area contributed by atoms with Crippen molar-refractivity contribution < 1.29 is 23.0 Å². The van der Waals surface area contributed by atoms with Crippen LogP contribution in [-0.2, 0) is 25.1 Å². The molecule has 2 aliphatic heterocycles. The van der Waals surface area contributed by atoms with E-state index in [1.165, 1.54) is 36.0 Å². The van der Waals surface area contributed by atoms with E-state index >= 15 is 0 Å². The molecule has 2 N–H and O–H groups in total. The van der Waals surface area contributed by atoms with Crippen molar-refractivity contribution in [2.75, 3.05) is 26.4 Å². The van der Waals surface area contributed by atoms with Gasteiger partial charge in [-0.1, -0.05) is 59.4 Å². The van der Waals surface area contributed by atoms with Crippen molar-refractivity contribution in [3.05, 3.63) is 124 Å². The second kappa shape index (κ2) is 18.4. The number of nitrogens with zero attached hydrogens (tertiary/aromatic N) is 1. The number of amides is 1. The molecule has 0 spiro atoms. The maximum atomic E-state index is 13.0. The third-order valence-electron chi connectivity index (χ3n) is 8.02. The third kappa shape index (κ3) is 10.6. The minimum Gasteiger partial charge on any atom is -0.381 e. The van der Waals surface area contributed by atoms with Crippen LogP contribution in [0.3, 0.4) is 0 Å². The second-order valence-electron chi connectivity index (χ2n) is 10.9. The highest BCUT2D eigenvalue weighted by Crippen LogP contribution is 2.38. The molecule has 0 unspecified atom stereocenters. The third-order valence-corrected chi connectivity index (χ3v) is 9.81. The number of primary amides is 1. The number of halogens is 3. The smallest absolute Gasteiger partial charge is 0.228 e. The predicted octanol–water partition coefficient (Wildman–Crippen LogP) is 9.28. The number of benzene rings is 4. The number of carbonyl (C=O) groups is 1. The summed E-state index contributed by atoms with van der Waals surface area (Å²) in [5.74, 6) is -0.773. The Hall–Kier alpha value is -3.20. The van der Waals surface area contributed by atoms with Gasteiger partial charge in [0.05, 0.1) is 16.9 Å². The zero-order chi connectivity index (χ0) is 33.0. The van der Waals surface area contributed by atoms with Crippen molar-refractivity contribution in [2.24, 2.45) is 5.73 Å². The first-order valence-corrected chi connectivity index (χ1v) is 16.8. The molecule has 0 aromatic heterocycles. The Morgan fingerprint density at radius 2 is 1.32 bits per heavy atom. The van der Waals surface area contributed by atoms with Crippen LogP contribution < -0.4 is 5.73 Å². The first-order chi connectivity index (χ1) is 22.2. The van der Waals surface area contributed by atoms with E-state index in [0.717, 1.165) is 43.1 Å². The number of hydrogen-bond donors (Lipinski definition) is 2. The zero-order valence-electron chi connectivity index (χ0n) is 25.1. The van der Waals surface area contributed by atoms with E-state index in [0.29, 0.717) is 39.3 Å². The lowest BCUT2D eigenvalue weighted by atomic mass is 9.73. The summed E-state index contributed by atoms with van der Waals surface area (Å²) in [6.07, 6.45) is 2.79. The molecule has 4 aromatic carbocycles. The number of carbonyl (C=O) groups excluding carboxylic acids is 1. The van der Waals surface area contributed by atoms with Crippen LogP contribution in [0, 0.1) is 23.0 Å². The van der Waals surface area contributed by atoms with E-state index in [9.17, 15) is 18.8 Å². The van der Waals surface area contributed by atoms with Crippen LogP contribution in [0.2, 0.25) is 0 Å². The van der Waals surface area contributed by atoms with Gasteiger partial charge in [-0.2, -0.15) is 5.26 Å². The lowest BCUT2D eigenvalue weighted by Crippen LogP contribution is -2.45. The molecule has 248 valence electrons. The highest BCUT2D eigenvalue weighted by Gasteiger charge is 2.40. The van der Waals surface area contributed by atoms with Crippen molar-refractivity contribution in [3.8, 4) is 6.07 Å². The minimum atomic E-state index is -0.655. The van der Waals surface area contributed by atoms with Crippen LogP contribution >= 0.6 is 40.3 Å². The van der Waals surface area contributed by atoms with Crippen LogP contribution in [-0.4, -0.2) is 32.3 Å². The summed E-state index contributed by atoms with van der Waals surface area (Å²) >= 11 is 8.94. The number of nitriles is 1. The Balaban J connectivity index is 0.000000214. The molecular formula is C37H39BrF2N2O3S2. The predicted molar refractivity (Wildman–Crippen MR) is 190 cm³/mol. The van der Waals surface area contributed by atoms with Gasteiger partial charge in [-0.3, -0.25) is 4.79 Å². The highest BCUT2D eigenvalue weighted by atomic mass is 79.9. The lowest BCUT2D eigenvalue weighted by molar-refractivity contribution is -0.127. The molecule has 2 heterocycles. The highest BCUT2D eigenvalue weighted by molar-refractivity contribution is 9.10. The van der Waals surface area contributed by atoms with Crippen molar-refractivity contribution in [3.63, 3.8) is 0 Å². The summed E-state index contributed by atoms with van der Waals surface area (Å²) in [6.45, 7) is 2.44. The Labute approximate surface area is 294 Å². The Kier molecular flexibility index (Phi) is 15.0. The van der Waals surface area contributed by atoms with Crippen molar-refractivity contribution in [2.45, 2.75) is 58.6 Å². The van der Waals surface area contributed by atoms with E-state index in [-0.39, 0.29) is 30.4 Å². The molecule has 0 radical (unpaired) electrons. The summed E-state index contributed by atoms with van der Waals surface area (Å²) in [6, 6.07) is 30.7. The van der Waals surface area contributed by atoms with E-state index in [2.05, 4.69) is 34.6 Å². The maximum absolute atomic E-state index is 13.0. The normalized spacial score (nSPS) is 16.1. The van der Waals surface area contributed by atoms with Crippen LogP contribution in [0.1, 0.15) is 44.2 Å². The molecule has 5 nitrogen and oxygen atoms in total. The molecule has 0 aliphatic carbocycles. The van der Waals surface area contributed by atoms with Gasteiger partial charge >= 0.3 is 0 Å². The number of nitrogens with two attached hydrogens (primary N) is 1. The van der Waals surface area contributed by atoms with Gasteiger partial charge < -0.3 is 15.2 Å². The minimum absolute atomic E-state index is 0. The average molecular weight is 742 g/mol. The maximum Gasteiger partial charge on any atom is 0.228 e. The zero-order valence-corrected chi connectivity index (χ0v) is 28.4. The van der Waals surface area contributed by atoms with E-state index in [1.54, 1.807) is 24.3 Å². The Morgan fingerprint density at radius 1 is 0.787 bits per heavy atom. The molecule has 10 heteroatoms. The molecule has 47 heavy (non-hydrogen) atoms. The largest absolute Gasteiger partial charge is 0.381 e. The Morgan fingerprint density at radius 3 is 1.85 bits per heavy atom. The first kappa shape index (κ1) is 38.2. The van der Waals surface area contributed by atoms with Crippen LogP contribution in [0.5, 0.6) is 0 Å². The molecule has 0 saturated carbocycles. The molecule has 0 atom stereocenters. The number of ether oxygens (including phenoxy) is 2. The molecule has 0 bridgehead atoms. The molecule has 2 fully saturated rings. The number of hydrogen-bond acceptors (Lipinski definition) is 6. The van der Waals surface area contributed by atoms with Crippen molar-refractivity contribution >= 4 is 46.2 Å². The fourth-order valence-corrected chi connectivity index (χ4v) is 6.73. The molecular weight excluding hydrogens is 702 g/mol.